The third kappa shape index (κ3) is 4.57. The van der Waals surface area contributed by atoms with Crippen LogP contribution in [-0.2, 0) is 4.74 Å². The van der Waals surface area contributed by atoms with E-state index in [9.17, 15) is 9.59 Å². The summed E-state index contributed by atoms with van der Waals surface area (Å²) in [6.45, 7) is 5.39. The topological polar surface area (TPSA) is 67.4 Å². The van der Waals surface area contributed by atoms with Gasteiger partial charge in [-0.05, 0) is 51.8 Å². The first-order chi connectivity index (χ1) is 9.33. The molecule has 0 radical (unpaired) electrons. The summed E-state index contributed by atoms with van der Waals surface area (Å²) in [7, 11) is 0. The van der Waals surface area contributed by atoms with Crippen LogP contribution < -0.4 is 10.6 Å². The highest BCUT2D eigenvalue weighted by molar-refractivity contribution is 5.96. The molecule has 1 aromatic carbocycles. The molecule has 0 unspecified atom stereocenters. The van der Waals surface area contributed by atoms with Crippen molar-refractivity contribution < 1.29 is 14.3 Å². The zero-order valence-electron chi connectivity index (χ0n) is 12.0. The molecule has 0 heterocycles. The van der Waals surface area contributed by atoms with E-state index < -0.39 is 11.7 Å². The minimum Gasteiger partial charge on any atom is -0.444 e. The van der Waals surface area contributed by atoms with E-state index in [0.29, 0.717) is 17.3 Å². The second-order valence-electron chi connectivity index (χ2n) is 5.96. The van der Waals surface area contributed by atoms with E-state index >= 15 is 0 Å². The predicted octanol–water partition coefficient (Wildman–Crippen LogP) is 2.93. The van der Waals surface area contributed by atoms with Crippen LogP contribution in [0.1, 0.15) is 44.0 Å². The highest BCUT2D eigenvalue weighted by Crippen LogP contribution is 2.20. The number of benzene rings is 1. The van der Waals surface area contributed by atoms with Crippen molar-refractivity contribution in [3.05, 3.63) is 29.8 Å². The predicted molar refractivity (Wildman–Crippen MR) is 76.8 cm³/mol. The molecule has 1 saturated carbocycles. The van der Waals surface area contributed by atoms with Gasteiger partial charge >= 0.3 is 6.09 Å². The van der Waals surface area contributed by atoms with Crippen LogP contribution in [0.2, 0.25) is 0 Å². The molecule has 0 saturated heterocycles. The Bertz CT molecular complexity index is 516. The molecule has 1 fully saturated rings. The Kier molecular flexibility index (Phi) is 3.97. The van der Waals surface area contributed by atoms with Crippen molar-refractivity contribution in [2.24, 2.45) is 0 Å². The Morgan fingerprint density at radius 3 is 2.55 bits per heavy atom. The maximum atomic E-state index is 11.9. The van der Waals surface area contributed by atoms with E-state index in [-0.39, 0.29) is 5.91 Å². The first-order valence-corrected chi connectivity index (χ1v) is 6.74. The molecule has 0 atom stereocenters. The molecule has 5 nitrogen and oxygen atoms in total. The number of ether oxygens (including phenoxy) is 1. The first kappa shape index (κ1) is 14.4. The summed E-state index contributed by atoms with van der Waals surface area (Å²) in [4.78, 5) is 23.6. The molecule has 0 bridgehead atoms. The number of hydrogen-bond acceptors (Lipinski definition) is 3. The van der Waals surface area contributed by atoms with Gasteiger partial charge in [0, 0.05) is 17.3 Å². The summed E-state index contributed by atoms with van der Waals surface area (Å²) in [5.74, 6) is -0.111. The van der Waals surface area contributed by atoms with Gasteiger partial charge in [0.05, 0.1) is 0 Å². The van der Waals surface area contributed by atoms with Crippen molar-refractivity contribution in [2.45, 2.75) is 45.3 Å². The Labute approximate surface area is 118 Å². The minimum absolute atomic E-state index is 0.111. The van der Waals surface area contributed by atoms with Gasteiger partial charge in [0.25, 0.3) is 5.91 Å². The normalized spacial score (nSPS) is 14.6. The Balaban J connectivity index is 1.98. The summed E-state index contributed by atoms with van der Waals surface area (Å²) in [6, 6.07) is 7.12. The molecule has 1 aliphatic rings. The molecular weight excluding hydrogens is 256 g/mol. The van der Waals surface area contributed by atoms with Gasteiger partial charge in [0.2, 0.25) is 0 Å². The minimum atomic E-state index is -0.551. The van der Waals surface area contributed by atoms with Gasteiger partial charge in [-0.15, -0.1) is 0 Å². The average Bonchev–Trinajstić information content (AvgIpc) is 3.10. The molecule has 0 spiro atoms. The van der Waals surface area contributed by atoms with Gasteiger partial charge < -0.3 is 10.1 Å². The number of hydrogen-bond donors (Lipinski definition) is 2. The van der Waals surface area contributed by atoms with Crippen LogP contribution >= 0.6 is 0 Å². The molecule has 108 valence electrons. The van der Waals surface area contributed by atoms with E-state index in [1.165, 1.54) is 0 Å². The van der Waals surface area contributed by atoms with Crippen molar-refractivity contribution >= 4 is 17.7 Å². The summed E-state index contributed by atoms with van der Waals surface area (Å²) in [5.41, 5.74) is 0.526. The zero-order chi connectivity index (χ0) is 14.8. The third-order valence-electron chi connectivity index (χ3n) is 2.68. The molecular formula is C15H20N2O3. The highest BCUT2D eigenvalue weighted by Gasteiger charge is 2.24. The molecule has 1 aliphatic carbocycles. The summed E-state index contributed by atoms with van der Waals surface area (Å²) >= 11 is 0. The molecule has 0 aromatic heterocycles. The van der Waals surface area contributed by atoms with E-state index in [1.807, 2.05) is 0 Å². The van der Waals surface area contributed by atoms with Gasteiger partial charge in [-0.25, -0.2) is 4.79 Å². The lowest BCUT2D eigenvalue weighted by Gasteiger charge is -2.19. The number of anilines is 1. The van der Waals surface area contributed by atoms with Crippen molar-refractivity contribution in [2.75, 3.05) is 5.32 Å². The number of carbonyl (C=O) groups excluding carboxylic acids is 2. The maximum absolute atomic E-state index is 11.9. The Morgan fingerprint density at radius 1 is 1.25 bits per heavy atom. The lowest BCUT2D eigenvalue weighted by Crippen LogP contribution is -2.27. The molecule has 0 aliphatic heterocycles. The van der Waals surface area contributed by atoms with Crippen molar-refractivity contribution in [1.29, 1.82) is 0 Å². The SMILES string of the molecule is CC(C)(C)OC(=O)Nc1cccc(C(=O)NC2CC2)c1. The molecule has 2 N–H and O–H groups in total. The Morgan fingerprint density at radius 2 is 1.95 bits per heavy atom. The van der Waals surface area contributed by atoms with E-state index in [4.69, 9.17) is 4.74 Å². The van der Waals surface area contributed by atoms with Crippen molar-refractivity contribution in [3.8, 4) is 0 Å². The highest BCUT2D eigenvalue weighted by atomic mass is 16.6. The zero-order valence-corrected chi connectivity index (χ0v) is 12.0. The standard InChI is InChI=1S/C15H20N2O3/c1-15(2,3)20-14(19)17-12-6-4-5-10(9-12)13(18)16-11-7-8-11/h4-6,9,11H,7-8H2,1-3H3,(H,16,18)(H,17,19). The molecule has 5 heteroatoms. The maximum Gasteiger partial charge on any atom is 0.412 e. The van der Waals surface area contributed by atoms with Crippen molar-refractivity contribution in [3.63, 3.8) is 0 Å². The fourth-order valence-electron chi connectivity index (χ4n) is 1.66. The smallest absolute Gasteiger partial charge is 0.412 e. The van der Waals surface area contributed by atoms with Crippen LogP contribution in [0.5, 0.6) is 0 Å². The average molecular weight is 276 g/mol. The van der Waals surface area contributed by atoms with Crippen LogP contribution in [0, 0.1) is 0 Å². The quantitative estimate of drug-likeness (QED) is 0.892. The second kappa shape index (κ2) is 5.53. The monoisotopic (exact) mass is 276 g/mol. The number of nitrogens with one attached hydrogen (secondary N) is 2. The lowest BCUT2D eigenvalue weighted by atomic mass is 10.2. The number of rotatable bonds is 3. The van der Waals surface area contributed by atoms with Crippen LogP contribution in [-0.4, -0.2) is 23.6 Å². The van der Waals surface area contributed by atoms with Crippen LogP contribution in [0.15, 0.2) is 24.3 Å². The Hall–Kier alpha value is -2.04. The van der Waals surface area contributed by atoms with Gasteiger partial charge in [0.15, 0.2) is 0 Å². The second-order valence-corrected chi connectivity index (χ2v) is 5.96. The number of carbonyl (C=O) groups is 2. The number of amides is 2. The van der Waals surface area contributed by atoms with Crippen LogP contribution in [0.3, 0.4) is 0 Å². The summed E-state index contributed by atoms with van der Waals surface area (Å²) in [6.07, 6.45) is 1.56. The summed E-state index contributed by atoms with van der Waals surface area (Å²) in [5, 5.41) is 5.53. The largest absolute Gasteiger partial charge is 0.444 e. The van der Waals surface area contributed by atoms with Gasteiger partial charge in [-0.1, -0.05) is 6.07 Å². The van der Waals surface area contributed by atoms with E-state index in [1.54, 1.807) is 45.0 Å². The summed E-state index contributed by atoms with van der Waals surface area (Å²) < 4.78 is 5.17. The molecule has 2 amide bonds. The van der Waals surface area contributed by atoms with Crippen LogP contribution in [0.4, 0.5) is 10.5 Å². The van der Waals surface area contributed by atoms with Crippen LogP contribution in [0.25, 0.3) is 0 Å². The first-order valence-electron chi connectivity index (χ1n) is 6.74. The third-order valence-corrected chi connectivity index (χ3v) is 2.68. The van der Waals surface area contributed by atoms with Gasteiger partial charge in [-0.2, -0.15) is 0 Å². The fourth-order valence-corrected chi connectivity index (χ4v) is 1.66. The molecule has 1 aromatic rings. The van der Waals surface area contributed by atoms with E-state index in [0.717, 1.165) is 12.8 Å². The molecule has 2 rings (SSSR count). The van der Waals surface area contributed by atoms with Gasteiger partial charge in [-0.3, -0.25) is 10.1 Å². The van der Waals surface area contributed by atoms with E-state index in [2.05, 4.69) is 10.6 Å². The van der Waals surface area contributed by atoms with Crippen molar-refractivity contribution in [1.82, 2.24) is 5.32 Å². The van der Waals surface area contributed by atoms with Gasteiger partial charge in [0.1, 0.15) is 5.60 Å². The molecule has 20 heavy (non-hydrogen) atoms. The lowest BCUT2D eigenvalue weighted by molar-refractivity contribution is 0.0635. The fraction of sp³-hybridized carbons (Fsp3) is 0.467.